The number of hydrogen-bond acceptors (Lipinski definition) is 3. The van der Waals surface area contributed by atoms with E-state index in [1.807, 2.05) is 0 Å². The lowest BCUT2D eigenvalue weighted by atomic mass is 9.84. The molecule has 1 saturated heterocycles. The van der Waals surface area contributed by atoms with Crippen LogP contribution in [0.15, 0.2) is 0 Å². The molecule has 18 heavy (non-hydrogen) atoms. The Bertz CT molecular complexity index is 279. The van der Waals surface area contributed by atoms with Crippen molar-refractivity contribution in [2.45, 2.75) is 51.5 Å². The van der Waals surface area contributed by atoms with Crippen molar-refractivity contribution in [2.24, 2.45) is 11.1 Å². The molecular formula is C14H27N3O. The molecule has 0 bridgehead atoms. The Labute approximate surface area is 110 Å². The zero-order chi connectivity index (χ0) is 13.0. The van der Waals surface area contributed by atoms with Gasteiger partial charge in [-0.25, -0.2) is 0 Å². The number of piperidine rings is 1. The predicted molar refractivity (Wildman–Crippen MR) is 73.2 cm³/mol. The van der Waals surface area contributed by atoms with E-state index in [1.54, 1.807) is 0 Å². The van der Waals surface area contributed by atoms with Crippen LogP contribution in [-0.4, -0.2) is 43.0 Å². The van der Waals surface area contributed by atoms with Gasteiger partial charge in [-0.1, -0.05) is 19.8 Å². The second-order valence-electron chi connectivity index (χ2n) is 5.87. The van der Waals surface area contributed by atoms with E-state index in [4.69, 9.17) is 5.73 Å². The highest BCUT2D eigenvalue weighted by atomic mass is 16.2. The summed E-state index contributed by atoms with van der Waals surface area (Å²) in [5, 5.41) is 3.25. The molecule has 104 valence electrons. The van der Waals surface area contributed by atoms with Crippen molar-refractivity contribution >= 4 is 5.91 Å². The summed E-state index contributed by atoms with van der Waals surface area (Å²) < 4.78 is 0. The number of hydrogen-bond donors (Lipinski definition) is 2. The van der Waals surface area contributed by atoms with Crippen LogP contribution in [0.1, 0.15) is 45.4 Å². The van der Waals surface area contributed by atoms with Gasteiger partial charge in [0.15, 0.2) is 0 Å². The molecule has 0 spiro atoms. The number of likely N-dealkylation sites (tertiary alicyclic amines) is 1. The molecule has 1 aliphatic heterocycles. The van der Waals surface area contributed by atoms with Crippen LogP contribution in [0, 0.1) is 5.41 Å². The van der Waals surface area contributed by atoms with E-state index in [-0.39, 0.29) is 11.3 Å². The second-order valence-corrected chi connectivity index (χ2v) is 5.87. The van der Waals surface area contributed by atoms with Gasteiger partial charge in [-0.2, -0.15) is 0 Å². The van der Waals surface area contributed by atoms with Crippen LogP contribution in [0.25, 0.3) is 0 Å². The molecule has 1 aliphatic carbocycles. The highest BCUT2D eigenvalue weighted by molar-refractivity contribution is 5.83. The molecule has 0 aromatic heterocycles. The highest BCUT2D eigenvalue weighted by Crippen LogP contribution is 2.37. The molecule has 2 rings (SSSR count). The fraction of sp³-hybridized carbons (Fsp3) is 0.929. The molecule has 1 saturated carbocycles. The van der Waals surface area contributed by atoms with Gasteiger partial charge in [0.1, 0.15) is 0 Å². The summed E-state index contributed by atoms with van der Waals surface area (Å²) in [6.45, 7) is 6.04. The zero-order valence-electron chi connectivity index (χ0n) is 11.6. The molecule has 0 aromatic rings. The largest absolute Gasteiger partial charge is 0.353 e. The Hall–Kier alpha value is -0.610. The molecule has 0 radical (unpaired) electrons. The van der Waals surface area contributed by atoms with E-state index in [0.717, 1.165) is 58.2 Å². The van der Waals surface area contributed by atoms with Crippen LogP contribution in [0.4, 0.5) is 0 Å². The maximum atomic E-state index is 12.4. The fourth-order valence-corrected chi connectivity index (χ4v) is 3.31. The van der Waals surface area contributed by atoms with E-state index < -0.39 is 0 Å². The third-order valence-corrected chi connectivity index (χ3v) is 4.80. The third-order valence-electron chi connectivity index (χ3n) is 4.80. The summed E-state index contributed by atoms with van der Waals surface area (Å²) in [5.41, 5.74) is 5.60. The van der Waals surface area contributed by atoms with Crippen LogP contribution < -0.4 is 11.1 Å². The van der Waals surface area contributed by atoms with E-state index in [9.17, 15) is 4.79 Å². The highest BCUT2D eigenvalue weighted by Gasteiger charge is 2.40. The quantitative estimate of drug-likeness (QED) is 0.789. The van der Waals surface area contributed by atoms with Crippen molar-refractivity contribution in [3.63, 3.8) is 0 Å². The van der Waals surface area contributed by atoms with Crippen LogP contribution in [0.2, 0.25) is 0 Å². The van der Waals surface area contributed by atoms with Crippen LogP contribution in [0.3, 0.4) is 0 Å². The first kappa shape index (κ1) is 13.8. The van der Waals surface area contributed by atoms with Gasteiger partial charge >= 0.3 is 0 Å². The van der Waals surface area contributed by atoms with Gasteiger partial charge in [0.2, 0.25) is 5.91 Å². The number of amides is 1. The van der Waals surface area contributed by atoms with Gasteiger partial charge in [0, 0.05) is 25.7 Å². The summed E-state index contributed by atoms with van der Waals surface area (Å²) >= 11 is 0. The SMILES string of the molecule is CCN1CCC(NC(=O)C2(CN)CCCC2)CC1. The normalized spacial score (nSPS) is 25.2. The molecule has 4 heteroatoms. The number of nitrogens with two attached hydrogens (primary N) is 1. The van der Waals surface area contributed by atoms with E-state index in [2.05, 4.69) is 17.1 Å². The number of carbonyl (C=O) groups is 1. The number of nitrogens with zero attached hydrogens (tertiary/aromatic N) is 1. The summed E-state index contributed by atoms with van der Waals surface area (Å²) in [5.74, 6) is 0.220. The van der Waals surface area contributed by atoms with Gasteiger partial charge in [0.05, 0.1) is 5.41 Å². The minimum atomic E-state index is -0.248. The van der Waals surface area contributed by atoms with Crippen LogP contribution in [-0.2, 0) is 4.79 Å². The topological polar surface area (TPSA) is 58.4 Å². The van der Waals surface area contributed by atoms with Gasteiger partial charge in [-0.3, -0.25) is 4.79 Å². The minimum absolute atomic E-state index is 0.220. The lowest BCUT2D eigenvalue weighted by Gasteiger charge is -2.34. The first-order valence-corrected chi connectivity index (χ1v) is 7.43. The van der Waals surface area contributed by atoms with Crippen molar-refractivity contribution in [2.75, 3.05) is 26.2 Å². The molecule has 3 N–H and O–H groups in total. The van der Waals surface area contributed by atoms with Crippen molar-refractivity contribution in [1.29, 1.82) is 0 Å². The number of carbonyl (C=O) groups excluding carboxylic acids is 1. The van der Waals surface area contributed by atoms with E-state index >= 15 is 0 Å². The Kier molecular flexibility index (Phi) is 4.62. The smallest absolute Gasteiger partial charge is 0.227 e. The first-order valence-electron chi connectivity index (χ1n) is 7.43. The van der Waals surface area contributed by atoms with Crippen molar-refractivity contribution in [3.05, 3.63) is 0 Å². The number of nitrogens with one attached hydrogen (secondary N) is 1. The van der Waals surface area contributed by atoms with E-state index in [0.29, 0.717) is 12.6 Å². The maximum Gasteiger partial charge on any atom is 0.227 e. The van der Waals surface area contributed by atoms with Gasteiger partial charge in [-0.15, -0.1) is 0 Å². The molecule has 1 heterocycles. The summed E-state index contributed by atoms with van der Waals surface area (Å²) in [6, 6.07) is 0.365. The zero-order valence-corrected chi connectivity index (χ0v) is 11.6. The number of rotatable bonds is 4. The standard InChI is InChI=1S/C14H27N3O/c1-2-17-9-5-12(6-10-17)16-13(18)14(11-15)7-3-4-8-14/h12H,2-11,15H2,1H3,(H,16,18). The summed E-state index contributed by atoms with van der Waals surface area (Å²) in [4.78, 5) is 14.9. The maximum absolute atomic E-state index is 12.4. The molecule has 0 aromatic carbocycles. The van der Waals surface area contributed by atoms with Gasteiger partial charge in [0.25, 0.3) is 0 Å². The third kappa shape index (κ3) is 2.86. The Morgan fingerprint density at radius 1 is 1.33 bits per heavy atom. The predicted octanol–water partition coefficient (Wildman–Crippen LogP) is 1.11. The molecule has 2 fully saturated rings. The average molecular weight is 253 g/mol. The first-order chi connectivity index (χ1) is 8.70. The Morgan fingerprint density at radius 2 is 1.94 bits per heavy atom. The van der Waals surface area contributed by atoms with Crippen molar-refractivity contribution in [3.8, 4) is 0 Å². The van der Waals surface area contributed by atoms with Crippen LogP contribution >= 0.6 is 0 Å². The average Bonchev–Trinajstić information content (AvgIpc) is 2.89. The Balaban J connectivity index is 1.84. The molecular weight excluding hydrogens is 226 g/mol. The minimum Gasteiger partial charge on any atom is -0.353 e. The van der Waals surface area contributed by atoms with Crippen molar-refractivity contribution in [1.82, 2.24) is 10.2 Å². The lowest BCUT2D eigenvalue weighted by molar-refractivity contribution is -0.131. The summed E-state index contributed by atoms with van der Waals surface area (Å²) in [7, 11) is 0. The molecule has 1 amide bonds. The van der Waals surface area contributed by atoms with Gasteiger partial charge < -0.3 is 16.0 Å². The Morgan fingerprint density at radius 3 is 2.44 bits per heavy atom. The lowest BCUT2D eigenvalue weighted by Crippen LogP contribution is -2.51. The van der Waals surface area contributed by atoms with Crippen LogP contribution in [0.5, 0.6) is 0 Å². The molecule has 0 unspecified atom stereocenters. The molecule has 0 atom stereocenters. The monoisotopic (exact) mass is 253 g/mol. The fourth-order valence-electron chi connectivity index (χ4n) is 3.31. The molecule has 4 nitrogen and oxygen atoms in total. The second kappa shape index (κ2) is 6.02. The summed E-state index contributed by atoms with van der Waals surface area (Å²) in [6.07, 6.45) is 6.42. The van der Waals surface area contributed by atoms with E-state index in [1.165, 1.54) is 0 Å². The van der Waals surface area contributed by atoms with Gasteiger partial charge in [-0.05, 0) is 32.2 Å². The molecule has 2 aliphatic rings. The van der Waals surface area contributed by atoms with Crippen molar-refractivity contribution < 1.29 is 4.79 Å².